The van der Waals surface area contributed by atoms with Crippen LogP contribution in [-0.2, 0) is 11.3 Å². The fourth-order valence-electron chi connectivity index (χ4n) is 4.57. The molecule has 2 heterocycles. The second-order valence-corrected chi connectivity index (χ2v) is 9.68. The molecule has 198 valence electrons. The zero-order valence-electron chi connectivity index (χ0n) is 22.4. The lowest BCUT2D eigenvalue weighted by Gasteiger charge is -2.26. The Morgan fingerprint density at radius 3 is 2.46 bits per heavy atom. The highest BCUT2D eigenvalue weighted by atomic mass is 19.1. The second-order valence-electron chi connectivity index (χ2n) is 9.68. The molecule has 8 heteroatoms. The predicted octanol–water partition coefficient (Wildman–Crippen LogP) is 5.41. The van der Waals surface area contributed by atoms with Crippen molar-refractivity contribution in [2.45, 2.75) is 72.1 Å². The molecule has 2 N–H and O–H groups in total. The van der Waals surface area contributed by atoms with Crippen LogP contribution in [-0.4, -0.2) is 50.0 Å². The Morgan fingerprint density at radius 1 is 1.19 bits per heavy atom. The van der Waals surface area contributed by atoms with Gasteiger partial charge < -0.3 is 15.1 Å². The Balaban J connectivity index is 2.17. The number of rotatable bonds is 11. The minimum absolute atomic E-state index is 0.000980. The molecule has 37 heavy (non-hydrogen) atoms. The topological polar surface area (TPSA) is 91.5 Å². The molecular weight excluding hydrogens is 471 g/mol. The first-order chi connectivity index (χ1) is 17.5. The van der Waals surface area contributed by atoms with E-state index in [1.165, 1.54) is 19.1 Å². The highest BCUT2D eigenvalue weighted by Gasteiger charge is 2.23. The molecule has 0 saturated heterocycles. The normalized spacial score (nSPS) is 13.4. The molecule has 1 aromatic carbocycles. The number of anilines is 2. The van der Waals surface area contributed by atoms with Crippen LogP contribution in [0, 0.1) is 12.7 Å². The average Bonchev–Trinajstić information content (AvgIpc) is 3.31. The van der Waals surface area contributed by atoms with Crippen molar-refractivity contribution in [3.63, 3.8) is 0 Å². The lowest BCUT2D eigenvalue weighted by atomic mass is 9.90. The fraction of sp³-hybridized carbons (Fsp3) is 0.414. The number of aliphatic hydroxyl groups excluding tert-OH is 2. The standard InChI is InChI=1S/C29H37FN4O3/c1-7-34-26(14-15-31-34)33(6)29-20(5)27(21-8-10-22(30)11-9-21)25(28(32-29)18(2)3)13-12-23(36)17-24(37)16-19(4)35/h8-15,18,23-24,36-37H,7,16-17H2,1-6H3/b13-12+/t23-,24+/m1/s1. The number of hydrogen-bond acceptors (Lipinski definition) is 6. The third kappa shape index (κ3) is 6.70. The van der Waals surface area contributed by atoms with Crippen LogP contribution in [0.15, 0.2) is 42.6 Å². The molecule has 2 aromatic heterocycles. The van der Waals surface area contributed by atoms with Crippen LogP contribution in [0.25, 0.3) is 17.2 Å². The summed E-state index contributed by atoms with van der Waals surface area (Å²) in [5.74, 6) is 1.25. The molecule has 0 fully saturated rings. The van der Waals surface area contributed by atoms with Crippen molar-refractivity contribution in [2.75, 3.05) is 11.9 Å². The van der Waals surface area contributed by atoms with Crippen LogP contribution >= 0.6 is 0 Å². The summed E-state index contributed by atoms with van der Waals surface area (Å²) in [5.41, 5.74) is 4.25. The first kappa shape index (κ1) is 28.2. The molecule has 7 nitrogen and oxygen atoms in total. The summed E-state index contributed by atoms with van der Waals surface area (Å²) in [4.78, 5) is 18.4. The van der Waals surface area contributed by atoms with Gasteiger partial charge in [-0.15, -0.1) is 0 Å². The van der Waals surface area contributed by atoms with Crippen molar-refractivity contribution in [1.29, 1.82) is 0 Å². The smallest absolute Gasteiger partial charge is 0.137 e. The van der Waals surface area contributed by atoms with Crippen molar-refractivity contribution < 1.29 is 19.4 Å². The molecule has 0 unspecified atom stereocenters. The third-order valence-corrected chi connectivity index (χ3v) is 6.34. The zero-order chi connectivity index (χ0) is 27.3. The number of halogens is 1. The summed E-state index contributed by atoms with van der Waals surface area (Å²) in [7, 11) is 1.95. The van der Waals surface area contributed by atoms with Crippen LogP contribution in [0.5, 0.6) is 0 Å². The van der Waals surface area contributed by atoms with Crippen molar-refractivity contribution in [3.8, 4) is 11.1 Å². The summed E-state index contributed by atoms with van der Waals surface area (Å²) >= 11 is 0. The quantitative estimate of drug-likeness (QED) is 0.360. The van der Waals surface area contributed by atoms with Crippen LogP contribution in [0.1, 0.15) is 63.3 Å². The monoisotopic (exact) mass is 508 g/mol. The largest absolute Gasteiger partial charge is 0.393 e. The van der Waals surface area contributed by atoms with Gasteiger partial charge in [-0.05, 0) is 49.9 Å². The number of ketones is 1. The summed E-state index contributed by atoms with van der Waals surface area (Å²) in [6, 6.07) is 8.28. The molecule has 2 atom stereocenters. The van der Waals surface area contributed by atoms with E-state index >= 15 is 0 Å². The number of benzene rings is 1. The van der Waals surface area contributed by atoms with Gasteiger partial charge in [-0.2, -0.15) is 5.10 Å². The molecule has 0 spiro atoms. The van der Waals surface area contributed by atoms with E-state index in [1.54, 1.807) is 24.4 Å². The van der Waals surface area contributed by atoms with Crippen molar-refractivity contribution >= 4 is 23.5 Å². The number of aliphatic hydroxyl groups is 2. The Bertz CT molecular complexity index is 1250. The molecule has 0 radical (unpaired) electrons. The van der Waals surface area contributed by atoms with Crippen molar-refractivity contribution in [3.05, 3.63) is 65.2 Å². The molecule has 0 aliphatic carbocycles. The van der Waals surface area contributed by atoms with E-state index in [9.17, 15) is 19.4 Å². The first-order valence-electron chi connectivity index (χ1n) is 12.6. The average molecular weight is 509 g/mol. The van der Waals surface area contributed by atoms with E-state index in [2.05, 4.69) is 18.9 Å². The van der Waals surface area contributed by atoms with Crippen LogP contribution in [0.2, 0.25) is 0 Å². The van der Waals surface area contributed by atoms with Gasteiger partial charge >= 0.3 is 0 Å². The summed E-state index contributed by atoms with van der Waals surface area (Å²) in [5, 5.41) is 25.0. The number of Topliss-reactive ketones (excluding diaryl/α,β-unsaturated/α-hetero) is 1. The molecule has 3 rings (SSSR count). The fourth-order valence-corrected chi connectivity index (χ4v) is 4.57. The number of aromatic nitrogens is 3. The summed E-state index contributed by atoms with van der Waals surface area (Å²) < 4.78 is 15.7. The number of hydrogen-bond donors (Lipinski definition) is 2. The number of nitrogens with zero attached hydrogens (tertiary/aromatic N) is 4. The number of aryl methyl sites for hydroxylation is 1. The molecule has 3 aromatic rings. The Kier molecular flexibility index (Phi) is 9.34. The van der Waals surface area contributed by atoms with Crippen LogP contribution in [0.3, 0.4) is 0 Å². The number of pyridine rings is 1. The highest BCUT2D eigenvalue weighted by Crippen LogP contribution is 2.39. The molecule has 0 aliphatic rings. The van der Waals surface area contributed by atoms with Gasteiger partial charge in [0.25, 0.3) is 0 Å². The minimum Gasteiger partial charge on any atom is -0.393 e. The Morgan fingerprint density at radius 2 is 1.86 bits per heavy atom. The maximum Gasteiger partial charge on any atom is 0.137 e. The molecular formula is C29H37FN4O3. The van der Waals surface area contributed by atoms with Crippen LogP contribution in [0.4, 0.5) is 16.0 Å². The van der Waals surface area contributed by atoms with Crippen molar-refractivity contribution in [1.82, 2.24) is 14.8 Å². The predicted molar refractivity (Wildman–Crippen MR) is 145 cm³/mol. The van der Waals surface area contributed by atoms with Gasteiger partial charge in [0, 0.05) is 43.6 Å². The zero-order valence-corrected chi connectivity index (χ0v) is 22.4. The van der Waals surface area contributed by atoms with E-state index in [0.717, 1.165) is 39.6 Å². The third-order valence-electron chi connectivity index (χ3n) is 6.34. The summed E-state index contributed by atoms with van der Waals surface area (Å²) in [6.07, 6.45) is 3.38. The van der Waals surface area contributed by atoms with Gasteiger partial charge in [0.15, 0.2) is 0 Å². The maximum atomic E-state index is 13.8. The molecule has 0 aliphatic heterocycles. The van der Waals surface area contributed by atoms with E-state index in [-0.39, 0.29) is 30.4 Å². The number of carbonyl (C=O) groups is 1. The molecule has 0 saturated carbocycles. The lowest BCUT2D eigenvalue weighted by Crippen LogP contribution is -2.19. The van der Waals surface area contributed by atoms with E-state index < -0.39 is 12.2 Å². The van der Waals surface area contributed by atoms with Gasteiger partial charge in [-0.1, -0.05) is 38.1 Å². The van der Waals surface area contributed by atoms with Gasteiger partial charge in [-0.25, -0.2) is 14.1 Å². The Labute approximate surface area is 218 Å². The highest BCUT2D eigenvalue weighted by molar-refractivity contribution is 5.84. The van der Waals surface area contributed by atoms with Crippen molar-refractivity contribution in [2.24, 2.45) is 0 Å². The second kappa shape index (κ2) is 12.3. The van der Waals surface area contributed by atoms with Crippen LogP contribution < -0.4 is 4.90 Å². The van der Waals surface area contributed by atoms with Gasteiger partial charge in [-0.3, -0.25) is 4.79 Å². The number of carbonyl (C=O) groups excluding carboxylic acids is 1. The van der Waals surface area contributed by atoms with E-state index in [4.69, 9.17) is 4.98 Å². The van der Waals surface area contributed by atoms with Gasteiger partial charge in [0.05, 0.1) is 24.1 Å². The first-order valence-corrected chi connectivity index (χ1v) is 12.6. The lowest BCUT2D eigenvalue weighted by molar-refractivity contribution is -0.119. The summed E-state index contributed by atoms with van der Waals surface area (Å²) in [6.45, 7) is 10.2. The Hall–Kier alpha value is -3.36. The SMILES string of the molecule is CCn1nccc1N(C)c1nc(C(C)C)c(/C=C/[C@@H](O)C[C@@H](O)CC(C)=O)c(-c2ccc(F)cc2)c1C. The molecule has 0 amide bonds. The van der Waals surface area contributed by atoms with Gasteiger partial charge in [0.1, 0.15) is 23.2 Å². The molecule has 0 bridgehead atoms. The van der Waals surface area contributed by atoms with Gasteiger partial charge in [0.2, 0.25) is 0 Å². The van der Waals surface area contributed by atoms with E-state index in [0.29, 0.717) is 6.54 Å². The maximum absolute atomic E-state index is 13.8. The van der Waals surface area contributed by atoms with E-state index in [1.807, 2.05) is 42.6 Å². The minimum atomic E-state index is -0.947.